The third-order valence-electron chi connectivity index (χ3n) is 5.45. The largest absolute Gasteiger partial charge is 0.352 e. The molecule has 2 aromatic carbocycles. The summed E-state index contributed by atoms with van der Waals surface area (Å²) in [6.45, 7) is 4.90. The van der Waals surface area contributed by atoms with E-state index in [1.54, 1.807) is 6.92 Å². The number of rotatable bonds is 11. The average Bonchev–Trinajstić information content (AvgIpc) is 2.78. The average molecular weight is 496 g/mol. The van der Waals surface area contributed by atoms with Gasteiger partial charge < -0.3 is 10.2 Å². The van der Waals surface area contributed by atoms with Crippen molar-refractivity contribution in [2.75, 3.05) is 17.1 Å². The summed E-state index contributed by atoms with van der Waals surface area (Å²) >= 11 is 0. The molecular formula is C24H31F2N3O4S. The fraction of sp³-hybridized carbons (Fsp3) is 0.417. The number of sulfonamides is 1. The van der Waals surface area contributed by atoms with Crippen LogP contribution in [0, 0.1) is 11.6 Å². The minimum atomic E-state index is -3.90. The summed E-state index contributed by atoms with van der Waals surface area (Å²) in [5.74, 6) is -1.97. The lowest BCUT2D eigenvalue weighted by Crippen LogP contribution is -2.53. The molecule has 0 saturated carbocycles. The molecule has 1 N–H and O–H groups in total. The monoisotopic (exact) mass is 495 g/mol. The van der Waals surface area contributed by atoms with Crippen LogP contribution in [-0.4, -0.2) is 50.0 Å². The number of carbonyl (C=O) groups is 2. The van der Waals surface area contributed by atoms with Crippen molar-refractivity contribution >= 4 is 27.5 Å². The fourth-order valence-corrected chi connectivity index (χ4v) is 4.22. The topological polar surface area (TPSA) is 86.8 Å². The Bertz CT molecular complexity index is 1080. The van der Waals surface area contributed by atoms with Crippen LogP contribution in [0.25, 0.3) is 0 Å². The van der Waals surface area contributed by atoms with Crippen LogP contribution in [0.15, 0.2) is 48.5 Å². The summed E-state index contributed by atoms with van der Waals surface area (Å²) in [6, 6.07) is 9.25. The number of hydrogen-bond donors (Lipinski definition) is 1. The van der Waals surface area contributed by atoms with Gasteiger partial charge in [-0.05, 0) is 61.7 Å². The van der Waals surface area contributed by atoms with E-state index in [1.165, 1.54) is 41.3 Å². The van der Waals surface area contributed by atoms with Crippen LogP contribution in [0.1, 0.15) is 39.2 Å². The first-order chi connectivity index (χ1) is 16.0. The maximum absolute atomic E-state index is 13.5. The van der Waals surface area contributed by atoms with Gasteiger partial charge in [-0.15, -0.1) is 0 Å². The molecule has 0 unspecified atom stereocenters. The molecule has 0 radical (unpaired) electrons. The molecular weight excluding hydrogens is 464 g/mol. The number of halogens is 2. The summed E-state index contributed by atoms with van der Waals surface area (Å²) in [6.07, 6.45) is 1.92. The highest BCUT2D eigenvalue weighted by molar-refractivity contribution is 7.92. The molecule has 0 aromatic heterocycles. The van der Waals surface area contributed by atoms with Gasteiger partial charge >= 0.3 is 0 Å². The van der Waals surface area contributed by atoms with Gasteiger partial charge in [-0.1, -0.05) is 26.0 Å². The zero-order chi connectivity index (χ0) is 25.5. The van der Waals surface area contributed by atoms with Crippen LogP contribution in [0.5, 0.6) is 0 Å². The molecule has 0 aliphatic heterocycles. The quantitative estimate of drug-likeness (QED) is 0.517. The molecule has 34 heavy (non-hydrogen) atoms. The van der Waals surface area contributed by atoms with Gasteiger partial charge in [0.15, 0.2) is 0 Å². The molecule has 7 nitrogen and oxygen atoms in total. The predicted molar refractivity (Wildman–Crippen MR) is 128 cm³/mol. The molecule has 0 aliphatic rings. The normalized spacial score (nSPS) is 13.1. The van der Waals surface area contributed by atoms with Crippen molar-refractivity contribution in [3.05, 3.63) is 65.7 Å². The van der Waals surface area contributed by atoms with Gasteiger partial charge in [-0.2, -0.15) is 0 Å². The second kappa shape index (κ2) is 11.9. The second-order valence-electron chi connectivity index (χ2n) is 8.14. The summed E-state index contributed by atoms with van der Waals surface area (Å²) in [5, 5.41) is 2.87. The number of hydrogen-bond acceptors (Lipinski definition) is 4. The molecule has 0 aliphatic carbocycles. The molecule has 10 heteroatoms. The van der Waals surface area contributed by atoms with Crippen molar-refractivity contribution in [3.8, 4) is 0 Å². The van der Waals surface area contributed by atoms with E-state index in [1.807, 2.05) is 13.8 Å². The molecule has 0 heterocycles. The number of nitrogens with zero attached hydrogens (tertiary/aromatic N) is 2. The molecule has 2 rings (SSSR count). The summed E-state index contributed by atoms with van der Waals surface area (Å²) < 4.78 is 52.6. The maximum Gasteiger partial charge on any atom is 0.244 e. The van der Waals surface area contributed by atoms with E-state index in [0.29, 0.717) is 12.0 Å². The highest BCUT2D eigenvalue weighted by atomic mass is 32.2. The van der Waals surface area contributed by atoms with E-state index in [4.69, 9.17) is 0 Å². The number of benzene rings is 2. The Morgan fingerprint density at radius 3 is 1.94 bits per heavy atom. The highest BCUT2D eigenvalue weighted by Gasteiger charge is 2.32. The fourth-order valence-electron chi connectivity index (χ4n) is 3.37. The number of anilines is 1. The van der Waals surface area contributed by atoms with E-state index < -0.39 is 40.2 Å². The smallest absolute Gasteiger partial charge is 0.244 e. The first-order valence-electron chi connectivity index (χ1n) is 11.0. The summed E-state index contributed by atoms with van der Waals surface area (Å²) in [7, 11) is -3.90. The maximum atomic E-state index is 13.5. The zero-order valence-electron chi connectivity index (χ0n) is 19.8. The van der Waals surface area contributed by atoms with E-state index in [2.05, 4.69) is 5.32 Å². The van der Waals surface area contributed by atoms with Crippen molar-refractivity contribution in [1.29, 1.82) is 0 Å². The zero-order valence-corrected chi connectivity index (χ0v) is 20.6. The van der Waals surface area contributed by atoms with E-state index in [9.17, 15) is 26.8 Å². The number of amides is 2. The Balaban J connectivity index is 2.41. The molecule has 0 saturated heterocycles. The van der Waals surface area contributed by atoms with Crippen molar-refractivity contribution in [2.45, 2.75) is 52.2 Å². The summed E-state index contributed by atoms with van der Waals surface area (Å²) in [4.78, 5) is 27.7. The highest BCUT2D eigenvalue weighted by Crippen LogP contribution is 2.20. The van der Waals surface area contributed by atoms with Gasteiger partial charge in [0.1, 0.15) is 24.2 Å². The van der Waals surface area contributed by atoms with Crippen LogP contribution < -0.4 is 9.62 Å². The Labute approximate surface area is 199 Å². The Morgan fingerprint density at radius 1 is 0.941 bits per heavy atom. The molecule has 0 fully saturated rings. The predicted octanol–water partition coefficient (Wildman–Crippen LogP) is 3.45. The molecule has 2 aromatic rings. The molecule has 2 amide bonds. The Morgan fingerprint density at radius 2 is 1.47 bits per heavy atom. The summed E-state index contributed by atoms with van der Waals surface area (Å²) in [5.41, 5.74) is 0.702. The lowest BCUT2D eigenvalue weighted by molar-refractivity contribution is -0.140. The van der Waals surface area contributed by atoms with Crippen molar-refractivity contribution in [3.63, 3.8) is 0 Å². The van der Waals surface area contributed by atoms with Gasteiger partial charge in [0.2, 0.25) is 21.8 Å². The number of carbonyl (C=O) groups excluding carboxylic acids is 2. The van der Waals surface area contributed by atoms with Crippen LogP contribution in [0.3, 0.4) is 0 Å². The lowest BCUT2D eigenvalue weighted by atomic mass is 10.1. The van der Waals surface area contributed by atoms with E-state index >= 15 is 0 Å². The first-order valence-corrected chi connectivity index (χ1v) is 12.9. The van der Waals surface area contributed by atoms with Crippen LogP contribution in [0.4, 0.5) is 14.5 Å². The van der Waals surface area contributed by atoms with Crippen molar-refractivity contribution in [1.82, 2.24) is 10.2 Å². The van der Waals surface area contributed by atoms with Crippen LogP contribution >= 0.6 is 0 Å². The van der Waals surface area contributed by atoms with E-state index in [-0.39, 0.29) is 30.6 Å². The van der Waals surface area contributed by atoms with Gasteiger partial charge in [-0.3, -0.25) is 13.9 Å². The molecule has 0 spiro atoms. The molecule has 0 bridgehead atoms. The molecule has 2 atom stereocenters. The number of nitrogens with one attached hydrogen (secondary N) is 1. The SMILES string of the molecule is CC[C@H](C)NC(=O)[C@H](CC)N(Cc1ccc(F)cc1)C(=O)CN(c1ccc(F)cc1)S(C)(=O)=O. The third-order valence-corrected chi connectivity index (χ3v) is 6.59. The minimum absolute atomic E-state index is 0.0213. The standard InChI is InChI=1S/C24H31F2N3O4S/c1-5-17(3)27-24(31)22(6-2)28(15-18-7-9-19(25)10-8-18)23(30)16-29(34(4,32)33)21-13-11-20(26)12-14-21/h7-14,17,22H,5-6,15-16H2,1-4H3,(H,27,31)/t17-,22-/m0/s1. The van der Waals surface area contributed by atoms with Crippen molar-refractivity contribution in [2.24, 2.45) is 0 Å². The third kappa shape index (κ3) is 7.51. The first kappa shape index (κ1) is 27.2. The van der Waals surface area contributed by atoms with E-state index in [0.717, 1.165) is 22.7 Å². The lowest BCUT2D eigenvalue weighted by Gasteiger charge is -2.33. The van der Waals surface area contributed by atoms with Gasteiger partial charge in [0.05, 0.1) is 11.9 Å². The Kier molecular flexibility index (Phi) is 9.55. The molecule has 186 valence electrons. The minimum Gasteiger partial charge on any atom is -0.352 e. The van der Waals surface area contributed by atoms with Gasteiger partial charge in [0, 0.05) is 12.6 Å². The Hall–Kier alpha value is -3.01. The van der Waals surface area contributed by atoms with Crippen LogP contribution in [-0.2, 0) is 26.2 Å². The second-order valence-corrected chi connectivity index (χ2v) is 10.0. The van der Waals surface area contributed by atoms with Crippen LogP contribution in [0.2, 0.25) is 0 Å². The van der Waals surface area contributed by atoms with Gasteiger partial charge in [-0.25, -0.2) is 17.2 Å². The van der Waals surface area contributed by atoms with Crippen molar-refractivity contribution < 1.29 is 26.8 Å². The van der Waals surface area contributed by atoms with Gasteiger partial charge in [0.25, 0.3) is 0 Å².